The van der Waals surface area contributed by atoms with Crippen molar-refractivity contribution in [1.82, 2.24) is 0 Å². The van der Waals surface area contributed by atoms with Crippen LogP contribution >= 0.6 is 0 Å². The summed E-state index contributed by atoms with van der Waals surface area (Å²) >= 11 is 0. The highest BCUT2D eigenvalue weighted by atomic mass is 16.3. The summed E-state index contributed by atoms with van der Waals surface area (Å²) < 4.78 is 0. The van der Waals surface area contributed by atoms with Crippen LogP contribution in [0.4, 0.5) is 0 Å². The van der Waals surface area contributed by atoms with E-state index in [1.165, 1.54) is 0 Å². The van der Waals surface area contributed by atoms with Gasteiger partial charge in [0.1, 0.15) is 6.61 Å². The van der Waals surface area contributed by atoms with Crippen LogP contribution in [0.2, 0.25) is 0 Å². The quantitative estimate of drug-likeness (QED) is 0.699. The van der Waals surface area contributed by atoms with Crippen molar-refractivity contribution in [2.24, 2.45) is 0 Å². The second kappa shape index (κ2) is 4.74. The van der Waals surface area contributed by atoms with Gasteiger partial charge in [-0.2, -0.15) is 0 Å². The Kier molecular flexibility index (Phi) is 3.61. The number of carbonyl (C=O) groups is 1. The molecule has 1 aromatic carbocycles. The van der Waals surface area contributed by atoms with Gasteiger partial charge in [0, 0.05) is 6.42 Å². The van der Waals surface area contributed by atoms with Crippen LogP contribution in [0.25, 0.3) is 0 Å². The number of hydrogen-bond donors (Lipinski definition) is 2. The third kappa shape index (κ3) is 2.97. The van der Waals surface area contributed by atoms with E-state index in [1.807, 2.05) is 0 Å². The summed E-state index contributed by atoms with van der Waals surface area (Å²) in [5.74, 6) is -0.197. The SMILES string of the molecule is O=C(CO)Cc1ccc(CO)cc1. The van der Waals surface area contributed by atoms with Crippen LogP contribution in [0.15, 0.2) is 24.3 Å². The molecule has 0 bridgehead atoms. The predicted octanol–water partition coefficient (Wildman–Crippen LogP) is 0.283. The first-order chi connectivity index (χ1) is 6.26. The van der Waals surface area contributed by atoms with Gasteiger partial charge in [-0.25, -0.2) is 0 Å². The van der Waals surface area contributed by atoms with Crippen LogP contribution in [0, 0.1) is 0 Å². The third-order valence-corrected chi connectivity index (χ3v) is 1.78. The molecular formula is C10H12O3. The number of aliphatic hydroxyl groups is 2. The molecule has 0 saturated heterocycles. The van der Waals surface area contributed by atoms with E-state index in [9.17, 15) is 4.79 Å². The Morgan fingerprint density at radius 3 is 2.08 bits per heavy atom. The Balaban J connectivity index is 2.64. The van der Waals surface area contributed by atoms with Gasteiger partial charge in [0.2, 0.25) is 0 Å². The van der Waals surface area contributed by atoms with Gasteiger partial charge >= 0.3 is 0 Å². The maximum absolute atomic E-state index is 10.8. The maximum atomic E-state index is 10.8. The fourth-order valence-corrected chi connectivity index (χ4v) is 1.05. The fourth-order valence-electron chi connectivity index (χ4n) is 1.05. The van der Waals surface area contributed by atoms with Crippen molar-refractivity contribution in [3.8, 4) is 0 Å². The molecule has 0 unspecified atom stereocenters. The van der Waals surface area contributed by atoms with E-state index in [4.69, 9.17) is 10.2 Å². The highest BCUT2D eigenvalue weighted by molar-refractivity contribution is 5.81. The second-order valence-electron chi connectivity index (χ2n) is 2.85. The summed E-state index contributed by atoms with van der Waals surface area (Å²) in [4.78, 5) is 10.8. The molecule has 0 aliphatic carbocycles. The van der Waals surface area contributed by atoms with Gasteiger partial charge in [-0.05, 0) is 11.1 Å². The van der Waals surface area contributed by atoms with Crippen molar-refractivity contribution in [3.05, 3.63) is 35.4 Å². The summed E-state index contributed by atoms with van der Waals surface area (Å²) in [5, 5.41) is 17.3. The van der Waals surface area contributed by atoms with Crippen LogP contribution in [0.1, 0.15) is 11.1 Å². The monoisotopic (exact) mass is 180 g/mol. The molecule has 2 N–H and O–H groups in total. The van der Waals surface area contributed by atoms with E-state index in [-0.39, 0.29) is 18.8 Å². The average molecular weight is 180 g/mol. The molecule has 13 heavy (non-hydrogen) atoms. The molecule has 0 aliphatic rings. The molecule has 0 fully saturated rings. The topological polar surface area (TPSA) is 57.5 Å². The Hall–Kier alpha value is -1.19. The van der Waals surface area contributed by atoms with E-state index in [1.54, 1.807) is 24.3 Å². The summed E-state index contributed by atoms with van der Waals surface area (Å²) in [7, 11) is 0. The zero-order chi connectivity index (χ0) is 9.68. The lowest BCUT2D eigenvalue weighted by Crippen LogP contribution is -2.07. The number of benzene rings is 1. The molecule has 0 saturated carbocycles. The van der Waals surface area contributed by atoms with E-state index in [0.29, 0.717) is 0 Å². The number of rotatable bonds is 4. The molecule has 3 heteroatoms. The van der Waals surface area contributed by atoms with E-state index in [0.717, 1.165) is 11.1 Å². The van der Waals surface area contributed by atoms with Gasteiger partial charge in [-0.1, -0.05) is 24.3 Å². The molecule has 0 spiro atoms. The lowest BCUT2D eigenvalue weighted by Gasteiger charge is -2.00. The number of carbonyl (C=O) groups excluding carboxylic acids is 1. The van der Waals surface area contributed by atoms with Crippen molar-refractivity contribution >= 4 is 5.78 Å². The molecule has 1 rings (SSSR count). The van der Waals surface area contributed by atoms with Gasteiger partial charge in [0.15, 0.2) is 5.78 Å². The van der Waals surface area contributed by atoms with Crippen molar-refractivity contribution < 1.29 is 15.0 Å². The van der Waals surface area contributed by atoms with Crippen molar-refractivity contribution in [2.75, 3.05) is 6.61 Å². The first kappa shape index (κ1) is 9.89. The molecule has 0 radical (unpaired) electrons. The maximum Gasteiger partial charge on any atom is 0.162 e. The summed E-state index contributed by atoms with van der Waals surface area (Å²) in [6.45, 7) is -0.407. The Morgan fingerprint density at radius 2 is 1.62 bits per heavy atom. The molecule has 0 heterocycles. The van der Waals surface area contributed by atoms with Crippen molar-refractivity contribution in [1.29, 1.82) is 0 Å². The zero-order valence-corrected chi connectivity index (χ0v) is 7.23. The minimum Gasteiger partial charge on any atom is -0.392 e. The van der Waals surface area contributed by atoms with Gasteiger partial charge < -0.3 is 10.2 Å². The molecule has 0 aliphatic heterocycles. The van der Waals surface area contributed by atoms with Crippen LogP contribution in [0.5, 0.6) is 0 Å². The summed E-state index contributed by atoms with van der Waals surface area (Å²) in [6.07, 6.45) is 0.252. The lowest BCUT2D eigenvalue weighted by molar-refractivity contribution is -0.121. The van der Waals surface area contributed by atoms with E-state index >= 15 is 0 Å². The Labute approximate surface area is 76.6 Å². The van der Waals surface area contributed by atoms with Gasteiger partial charge in [0.05, 0.1) is 6.61 Å². The van der Waals surface area contributed by atoms with Crippen molar-refractivity contribution in [3.63, 3.8) is 0 Å². The van der Waals surface area contributed by atoms with E-state index in [2.05, 4.69) is 0 Å². The van der Waals surface area contributed by atoms with Gasteiger partial charge in [0.25, 0.3) is 0 Å². The zero-order valence-electron chi connectivity index (χ0n) is 7.23. The van der Waals surface area contributed by atoms with E-state index < -0.39 is 6.61 Å². The van der Waals surface area contributed by atoms with Crippen LogP contribution in [0.3, 0.4) is 0 Å². The van der Waals surface area contributed by atoms with Crippen LogP contribution in [-0.4, -0.2) is 22.6 Å². The Morgan fingerprint density at radius 1 is 1.08 bits per heavy atom. The minimum absolute atomic E-state index is 0.00816. The predicted molar refractivity (Wildman–Crippen MR) is 48.2 cm³/mol. The number of hydrogen-bond acceptors (Lipinski definition) is 3. The molecule has 70 valence electrons. The van der Waals surface area contributed by atoms with Crippen LogP contribution < -0.4 is 0 Å². The molecule has 0 aromatic heterocycles. The lowest BCUT2D eigenvalue weighted by atomic mass is 10.1. The highest BCUT2D eigenvalue weighted by Gasteiger charge is 2.01. The largest absolute Gasteiger partial charge is 0.392 e. The van der Waals surface area contributed by atoms with Crippen molar-refractivity contribution in [2.45, 2.75) is 13.0 Å². The normalized spacial score (nSPS) is 10.0. The molecular weight excluding hydrogens is 168 g/mol. The molecule has 3 nitrogen and oxygen atoms in total. The molecule has 1 aromatic rings. The standard InChI is InChI=1S/C10H12O3/c11-6-9-3-1-8(2-4-9)5-10(13)7-12/h1-4,11-12H,5-7H2. The van der Waals surface area contributed by atoms with Gasteiger partial charge in [-0.15, -0.1) is 0 Å². The van der Waals surface area contributed by atoms with Gasteiger partial charge in [-0.3, -0.25) is 4.79 Å². The number of aliphatic hydroxyl groups excluding tert-OH is 2. The summed E-state index contributed by atoms with van der Waals surface area (Å²) in [6, 6.07) is 7.08. The first-order valence-electron chi connectivity index (χ1n) is 4.07. The smallest absolute Gasteiger partial charge is 0.162 e. The molecule has 0 atom stereocenters. The third-order valence-electron chi connectivity index (χ3n) is 1.78. The average Bonchev–Trinajstić information content (AvgIpc) is 2.19. The first-order valence-corrected chi connectivity index (χ1v) is 4.07. The number of ketones is 1. The highest BCUT2D eigenvalue weighted by Crippen LogP contribution is 2.05. The van der Waals surface area contributed by atoms with Crippen LogP contribution in [-0.2, 0) is 17.8 Å². The Bertz CT molecular complexity index is 277. The second-order valence-corrected chi connectivity index (χ2v) is 2.85. The fraction of sp³-hybridized carbons (Fsp3) is 0.300. The summed E-state index contributed by atoms with van der Waals surface area (Å²) in [5.41, 5.74) is 1.68. The molecule has 0 amide bonds. The minimum atomic E-state index is -0.415. The number of Topliss-reactive ketones (excluding diaryl/α,β-unsaturated/α-hetero) is 1.